The molecule has 0 saturated carbocycles. The van der Waals surface area contributed by atoms with Gasteiger partial charge in [-0.1, -0.05) is 18.2 Å². The number of methoxy groups -OCH3 is 1. The standard InChI is InChI=1S/C16H18N4O5/c1-4-25-15(22)13-18-12(14(21)24-3)10(2)20(13)19-16(23)17-11-8-6-5-7-9-11/h5-9H,4H2,1-3H3,(H2,17,19,23). The van der Waals surface area contributed by atoms with Crippen molar-refractivity contribution < 1.29 is 23.9 Å². The Morgan fingerprint density at radius 1 is 1.16 bits per heavy atom. The molecular formula is C16H18N4O5. The van der Waals surface area contributed by atoms with Gasteiger partial charge in [0, 0.05) is 5.69 Å². The fraction of sp³-hybridized carbons (Fsp3) is 0.250. The van der Waals surface area contributed by atoms with Gasteiger partial charge in [0.15, 0.2) is 5.69 Å². The Hall–Kier alpha value is -3.36. The second kappa shape index (κ2) is 7.95. The predicted octanol–water partition coefficient (Wildman–Crippen LogP) is 1.93. The Kier molecular flexibility index (Phi) is 5.72. The Labute approximate surface area is 143 Å². The number of anilines is 1. The van der Waals surface area contributed by atoms with Gasteiger partial charge < -0.3 is 14.8 Å². The maximum absolute atomic E-state index is 12.2. The molecule has 1 heterocycles. The summed E-state index contributed by atoms with van der Waals surface area (Å²) in [5.74, 6) is -1.74. The molecular weight excluding hydrogens is 328 g/mol. The summed E-state index contributed by atoms with van der Waals surface area (Å²) in [6.45, 7) is 3.27. The van der Waals surface area contributed by atoms with Crippen LogP contribution in [0.5, 0.6) is 0 Å². The first-order valence-corrected chi connectivity index (χ1v) is 7.45. The third kappa shape index (κ3) is 4.14. The van der Waals surface area contributed by atoms with Crippen LogP contribution in [0.25, 0.3) is 0 Å². The highest BCUT2D eigenvalue weighted by atomic mass is 16.5. The van der Waals surface area contributed by atoms with E-state index < -0.39 is 18.0 Å². The van der Waals surface area contributed by atoms with Crippen LogP contribution in [0, 0.1) is 6.92 Å². The van der Waals surface area contributed by atoms with E-state index in [2.05, 4.69) is 20.5 Å². The van der Waals surface area contributed by atoms with Gasteiger partial charge in [-0.3, -0.25) is 0 Å². The zero-order valence-electron chi connectivity index (χ0n) is 14.0. The first-order valence-electron chi connectivity index (χ1n) is 7.45. The summed E-state index contributed by atoms with van der Waals surface area (Å²) >= 11 is 0. The van der Waals surface area contributed by atoms with Crippen molar-refractivity contribution in [2.24, 2.45) is 0 Å². The molecule has 0 unspecified atom stereocenters. The number of carbonyl (C=O) groups excluding carboxylic acids is 3. The lowest BCUT2D eigenvalue weighted by Gasteiger charge is -2.12. The zero-order valence-corrected chi connectivity index (χ0v) is 14.0. The summed E-state index contributed by atoms with van der Waals surface area (Å²) in [6, 6.07) is 8.12. The number of nitrogens with zero attached hydrogens (tertiary/aromatic N) is 2. The van der Waals surface area contributed by atoms with E-state index in [-0.39, 0.29) is 23.8 Å². The van der Waals surface area contributed by atoms with E-state index in [1.807, 2.05) is 6.07 Å². The van der Waals surface area contributed by atoms with E-state index in [0.29, 0.717) is 5.69 Å². The van der Waals surface area contributed by atoms with Crippen molar-refractivity contribution in [3.05, 3.63) is 47.5 Å². The van der Waals surface area contributed by atoms with Crippen LogP contribution in [0.1, 0.15) is 33.7 Å². The molecule has 0 fully saturated rings. The maximum Gasteiger partial charge on any atom is 0.376 e. The molecule has 0 aliphatic heterocycles. The Morgan fingerprint density at radius 3 is 2.44 bits per heavy atom. The smallest absolute Gasteiger partial charge is 0.376 e. The molecule has 0 aliphatic carbocycles. The van der Waals surface area contributed by atoms with Crippen LogP contribution in [0.4, 0.5) is 10.5 Å². The minimum atomic E-state index is -0.777. The maximum atomic E-state index is 12.2. The summed E-state index contributed by atoms with van der Waals surface area (Å²) in [7, 11) is 1.19. The number of benzene rings is 1. The molecule has 2 N–H and O–H groups in total. The average molecular weight is 346 g/mol. The largest absolute Gasteiger partial charge is 0.464 e. The number of urea groups is 1. The number of hydrogen-bond donors (Lipinski definition) is 2. The quantitative estimate of drug-likeness (QED) is 0.800. The molecule has 2 aromatic rings. The topological polar surface area (TPSA) is 112 Å². The first kappa shape index (κ1) is 18.0. The number of rotatable bonds is 5. The van der Waals surface area contributed by atoms with Crippen molar-refractivity contribution in [2.45, 2.75) is 13.8 Å². The molecule has 9 heteroatoms. The number of hydrogen-bond acceptors (Lipinski definition) is 6. The molecule has 0 aliphatic rings. The number of nitrogens with one attached hydrogen (secondary N) is 2. The average Bonchev–Trinajstić information content (AvgIpc) is 2.92. The van der Waals surface area contributed by atoms with Crippen LogP contribution >= 0.6 is 0 Å². The number of para-hydroxylation sites is 1. The zero-order chi connectivity index (χ0) is 18.4. The van der Waals surface area contributed by atoms with Gasteiger partial charge in [0.25, 0.3) is 0 Å². The van der Waals surface area contributed by atoms with Crippen LogP contribution in [0.2, 0.25) is 0 Å². The van der Waals surface area contributed by atoms with Gasteiger partial charge >= 0.3 is 18.0 Å². The third-order valence-corrected chi connectivity index (χ3v) is 3.19. The van der Waals surface area contributed by atoms with Crippen molar-refractivity contribution in [2.75, 3.05) is 24.5 Å². The minimum absolute atomic E-state index is 0.0921. The number of ether oxygens (including phenoxy) is 2. The number of aromatic nitrogens is 2. The normalized spacial score (nSPS) is 10.0. The van der Waals surface area contributed by atoms with E-state index >= 15 is 0 Å². The lowest BCUT2D eigenvalue weighted by Crippen LogP contribution is -2.31. The highest BCUT2D eigenvalue weighted by Gasteiger charge is 2.26. The molecule has 0 bridgehead atoms. The molecule has 9 nitrogen and oxygen atoms in total. The van der Waals surface area contributed by atoms with Gasteiger partial charge in [0.05, 0.1) is 19.4 Å². The predicted molar refractivity (Wildman–Crippen MR) is 89.1 cm³/mol. The van der Waals surface area contributed by atoms with Crippen LogP contribution in [-0.4, -0.2) is 41.3 Å². The van der Waals surface area contributed by atoms with Crippen molar-refractivity contribution in [1.82, 2.24) is 9.66 Å². The van der Waals surface area contributed by atoms with E-state index in [1.54, 1.807) is 31.2 Å². The molecule has 0 atom stereocenters. The Balaban J connectivity index is 2.30. The van der Waals surface area contributed by atoms with Gasteiger partial charge in [-0.2, -0.15) is 0 Å². The number of esters is 2. The van der Waals surface area contributed by atoms with E-state index in [4.69, 9.17) is 4.74 Å². The van der Waals surface area contributed by atoms with Gasteiger partial charge in [-0.05, 0) is 26.0 Å². The molecule has 2 rings (SSSR count). The van der Waals surface area contributed by atoms with E-state index in [9.17, 15) is 14.4 Å². The second-order valence-corrected chi connectivity index (χ2v) is 4.85. The van der Waals surface area contributed by atoms with Crippen LogP contribution < -0.4 is 10.7 Å². The molecule has 0 spiro atoms. The Morgan fingerprint density at radius 2 is 1.84 bits per heavy atom. The van der Waals surface area contributed by atoms with Crippen LogP contribution in [0.15, 0.2) is 30.3 Å². The lowest BCUT2D eigenvalue weighted by atomic mass is 10.3. The molecule has 1 aromatic carbocycles. The lowest BCUT2D eigenvalue weighted by molar-refractivity contribution is 0.0508. The van der Waals surface area contributed by atoms with Gasteiger partial charge in [0.2, 0.25) is 5.82 Å². The van der Waals surface area contributed by atoms with Crippen molar-refractivity contribution in [3.63, 3.8) is 0 Å². The first-order chi connectivity index (χ1) is 12.0. The van der Waals surface area contributed by atoms with Gasteiger partial charge in [0.1, 0.15) is 0 Å². The molecule has 0 saturated heterocycles. The number of amides is 2. The van der Waals surface area contributed by atoms with Gasteiger partial charge in [-0.25, -0.2) is 29.5 Å². The summed E-state index contributed by atoms with van der Waals surface area (Å²) in [4.78, 5) is 39.9. The summed E-state index contributed by atoms with van der Waals surface area (Å²) < 4.78 is 10.6. The monoisotopic (exact) mass is 346 g/mol. The second-order valence-electron chi connectivity index (χ2n) is 4.85. The molecule has 0 radical (unpaired) electrons. The van der Waals surface area contributed by atoms with Crippen LogP contribution in [-0.2, 0) is 9.47 Å². The van der Waals surface area contributed by atoms with Crippen molar-refractivity contribution in [3.8, 4) is 0 Å². The van der Waals surface area contributed by atoms with Crippen molar-refractivity contribution >= 4 is 23.7 Å². The fourth-order valence-corrected chi connectivity index (χ4v) is 2.04. The number of carbonyl (C=O) groups is 3. The molecule has 25 heavy (non-hydrogen) atoms. The van der Waals surface area contributed by atoms with Crippen LogP contribution in [0.3, 0.4) is 0 Å². The SMILES string of the molecule is CCOC(=O)c1nc(C(=O)OC)c(C)n1NC(=O)Nc1ccccc1. The summed E-state index contributed by atoms with van der Waals surface area (Å²) in [6.07, 6.45) is 0. The third-order valence-electron chi connectivity index (χ3n) is 3.19. The van der Waals surface area contributed by atoms with E-state index in [0.717, 1.165) is 4.68 Å². The minimum Gasteiger partial charge on any atom is -0.464 e. The van der Waals surface area contributed by atoms with E-state index in [1.165, 1.54) is 14.0 Å². The van der Waals surface area contributed by atoms with Crippen molar-refractivity contribution in [1.29, 1.82) is 0 Å². The molecule has 1 aromatic heterocycles. The molecule has 132 valence electrons. The van der Waals surface area contributed by atoms with Gasteiger partial charge in [-0.15, -0.1) is 0 Å². The highest BCUT2D eigenvalue weighted by molar-refractivity contribution is 5.97. The fourth-order valence-electron chi connectivity index (χ4n) is 2.04. The Bertz CT molecular complexity index is 785. The molecule has 2 amide bonds. The highest BCUT2D eigenvalue weighted by Crippen LogP contribution is 2.13. The summed E-state index contributed by atoms with van der Waals surface area (Å²) in [5, 5.41) is 2.60. The number of imidazole rings is 1. The summed E-state index contributed by atoms with van der Waals surface area (Å²) in [5.41, 5.74) is 3.16.